The molecule has 1 nitrogen and oxygen atoms in total. The maximum atomic E-state index is 4.83. The second-order valence-corrected chi connectivity index (χ2v) is 7.73. The molecule has 1 heterocycles. The van der Waals surface area contributed by atoms with Gasteiger partial charge in [0, 0.05) is 11.4 Å². The van der Waals surface area contributed by atoms with E-state index in [0.717, 1.165) is 12.8 Å². The fourth-order valence-corrected chi connectivity index (χ4v) is 2.18. The van der Waals surface area contributed by atoms with E-state index in [1.165, 1.54) is 30.7 Å². The van der Waals surface area contributed by atoms with Gasteiger partial charge in [0.25, 0.3) is 0 Å². The first-order valence-corrected chi connectivity index (χ1v) is 7.67. The molecular formula is C18H31N. The quantitative estimate of drug-likeness (QED) is 0.665. The van der Waals surface area contributed by atoms with Gasteiger partial charge in [-0.3, -0.25) is 4.98 Å². The first kappa shape index (κ1) is 16.2. The summed E-state index contributed by atoms with van der Waals surface area (Å²) in [6.45, 7) is 13.8. The van der Waals surface area contributed by atoms with Crippen LogP contribution in [0.2, 0.25) is 0 Å². The number of hydrogen-bond donors (Lipinski definition) is 0. The number of rotatable bonds is 6. The summed E-state index contributed by atoms with van der Waals surface area (Å²) in [4.78, 5) is 4.83. The molecule has 0 aliphatic carbocycles. The van der Waals surface area contributed by atoms with Crippen molar-refractivity contribution in [3.8, 4) is 0 Å². The van der Waals surface area contributed by atoms with Crippen LogP contribution >= 0.6 is 0 Å². The highest BCUT2D eigenvalue weighted by molar-refractivity contribution is 5.12. The van der Waals surface area contributed by atoms with Crippen molar-refractivity contribution in [2.75, 3.05) is 0 Å². The Hall–Kier alpha value is -0.850. The zero-order chi connectivity index (χ0) is 14.5. The van der Waals surface area contributed by atoms with Crippen LogP contribution in [0.15, 0.2) is 18.2 Å². The second-order valence-electron chi connectivity index (χ2n) is 7.73. The summed E-state index contributed by atoms with van der Waals surface area (Å²) in [5.74, 6) is 0. The highest BCUT2D eigenvalue weighted by Crippen LogP contribution is 2.25. The Bertz CT molecular complexity index is 385. The standard InChI is InChI=1S/C18H31N/c1-7-18(5,6)14-16-11-8-10-15(19-16)12-9-13-17(2,3)4/h8,10-11H,7,9,12-14H2,1-6H3. The van der Waals surface area contributed by atoms with Crippen molar-refractivity contribution in [3.63, 3.8) is 0 Å². The molecule has 1 aromatic rings. The molecular weight excluding hydrogens is 230 g/mol. The maximum absolute atomic E-state index is 4.83. The lowest BCUT2D eigenvalue weighted by Crippen LogP contribution is -2.14. The summed E-state index contributed by atoms with van der Waals surface area (Å²) in [5, 5.41) is 0. The van der Waals surface area contributed by atoms with Crippen molar-refractivity contribution < 1.29 is 0 Å². The van der Waals surface area contributed by atoms with Gasteiger partial charge in [-0.2, -0.15) is 0 Å². The minimum Gasteiger partial charge on any atom is -0.258 e. The second kappa shape index (κ2) is 6.54. The summed E-state index contributed by atoms with van der Waals surface area (Å²) in [5.41, 5.74) is 3.30. The van der Waals surface area contributed by atoms with E-state index >= 15 is 0 Å². The summed E-state index contributed by atoms with van der Waals surface area (Å²) >= 11 is 0. The molecule has 0 radical (unpaired) electrons. The number of nitrogens with zero attached hydrogens (tertiary/aromatic N) is 1. The summed E-state index contributed by atoms with van der Waals surface area (Å²) < 4.78 is 0. The molecule has 0 aliphatic rings. The molecule has 0 fully saturated rings. The molecule has 1 heteroatoms. The number of aromatic nitrogens is 1. The van der Waals surface area contributed by atoms with Crippen LogP contribution in [0.4, 0.5) is 0 Å². The van der Waals surface area contributed by atoms with Crippen molar-refractivity contribution in [2.45, 2.75) is 73.6 Å². The fourth-order valence-electron chi connectivity index (χ4n) is 2.18. The number of aryl methyl sites for hydroxylation is 1. The van der Waals surface area contributed by atoms with Crippen LogP contribution in [-0.2, 0) is 12.8 Å². The molecule has 1 aromatic heterocycles. The maximum Gasteiger partial charge on any atom is 0.0412 e. The fraction of sp³-hybridized carbons (Fsp3) is 0.722. The van der Waals surface area contributed by atoms with Crippen molar-refractivity contribution in [3.05, 3.63) is 29.6 Å². The summed E-state index contributed by atoms with van der Waals surface area (Å²) in [6, 6.07) is 6.51. The molecule has 0 atom stereocenters. The van der Waals surface area contributed by atoms with E-state index in [2.05, 4.69) is 59.7 Å². The van der Waals surface area contributed by atoms with Gasteiger partial charge in [0.2, 0.25) is 0 Å². The van der Waals surface area contributed by atoms with Crippen LogP contribution in [0.3, 0.4) is 0 Å². The van der Waals surface area contributed by atoms with Gasteiger partial charge in [-0.05, 0) is 48.6 Å². The predicted molar refractivity (Wildman–Crippen MR) is 84.4 cm³/mol. The molecule has 0 N–H and O–H groups in total. The Labute approximate surface area is 119 Å². The van der Waals surface area contributed by atoms with Gasteiger partial charge >= 0.3 is 0 Å². The molecule has 0 saturated carbocycles. The molecule has 0 aromatic carbocycles. The van der Waals surface area contributed by atoms with Gasteiger partial charge in [-0.1, -0.05) is 54.0 Å². The Morgan fingerprint density at radius 2 is 1.63 bits per heavy atom. The lowest BCUT2D eigenvalue weighted by atomic mass is 9.85. The van der Waals surface area contributed by atoms with E-state index < -0.39 is 0 Å². The van der Waals surface area contributed by atoms with Gasteiger partial charge in [-0.25, -0.2) is 0 Å². The van der Waals surface area contributed by atoms with Gasteiger partial charge in [-0.15, -0.1) is 0 Å². The van der Waals surface area contributed by atoms with Crippen LogP contribution < -0.4 is 0 Å². The zero-order valence-electron chi connectivity index (χ0n) is 13.7. The third-order valence-corrected chi connectivity index (χ3v) is 3.84. The van der Waals surface area contributed by atoms with Gasteiger partial charge in [0.15, 0.2) is 0 Å². The molecule has 0 saturated heterocycles. The third-order valence-electron chi connectivity index (χ3n) is 3.84. The van der Waals surface area contributed by atoms with Gasteiger partial charge in [0.05, 0.1) is 0 Å². The number of hydrogen-bond acceptors (Lipinski definition) is 1. The molecule has 0 amide bonds. The first-order valence-electron chi connectivity index (χ1n) is 7.67. The molecule has 0 spiro atoms. The normalized spacial score (nSPS) is 12.7. The van der Waals surface area contributed by atoms with Crippen LogP contribution in [-0.4, -0.2) is 4.98 Å². The lowest BCUT2D eigenvalue weighted by molar-refractivity contribution is 0.344. The van der Waals surface area contributed by atoms with Gasteiger partial charge in [0.1, 0.15) is 0 Å². The monoisotopic (exact) mass is 261 g/mol. The van der Waals surface area contributed by atoms with E-state index in [9.17, 15) is 0 Å². The Balaban J connectivity index is 2.57. The van der Waals surface area contributed by atoms with Crippen molar-refractivity contribution >= 4 is 0 Å². The van der Waals surface area contributed by atoms with E-state index in [4.69, 9.17) is 4.98 Å². The van der Waals surface area contributed by atoms with E-state index in [-0.39, 0.29) is 0 Å². The Kier molecular flexibility index (Phi) is 5.58. The summed E-state index contributed by atoms with van der Waals surface area (Å²) in [7, 11) is 0. The zero-order valence-corrected chi connectivity index (χ0v) is 13.7. The topological polar surface area (TPSA) is 12.9 Å². The minimum atomic E-state index is 0.358. The SMILES string of the molecule is CCC(C)(C)Cc1cccc(CCCC(C)(C)C)n1. The highest BCUT2D eigenvalue weighted by Gasteiger charge is 2.16. The van der Waals surface area contributed by atoms with Crippen LogP contribution in [0.5, 0.6) is 0 Å². The first-order chi connectivity index (χ1) is 8.72. The van der Waals surface area contributed by atoms with Crippen LogP contribution in [0.1, 0.15) is 72.2 Å². The predicted octanol–water partition coefficient (Wildman–Crippen LogP) is 5.43. The molecule has 0 unspecified atom stereocenters. The molecule has 0 bridgehead atoms. The highest BCUT2D eigenvalue weighted by atomic mass is 14.7. The minimum absolute atomic E-state index is 0.358. The largest absolute Gasteiger partial charge is 0.258 e. The van der Waals surface area contributed by atoms with E-state index in [1.807, 2.05) is 0 Å². The smallest absolute Gasteiger partial charge is 0.0412 e. The number of pyridine rings is 1. The van der Waals surface area contributed by atoms with E-state index in [1.54, 1.807) is 0 Å². The van der Waals surface area contributed by atoms with Crippen molar-refractivity contribution in [2.24, 2.45) is 10.8 Å². The Morgan fingerprint density at radius 1 is 1.00 bits per heavy atom. The summed E-state index contributed by atoms with van der Waals surface area (Å²) in [6.07, 6.45) is 5.88. The molecule has 0 aliphatic heterocycles. The average Bonchev–Trinajstić information content (AvgIpc) is 2.27. The van der Waals surface area contributed by atoms with Crippen LogP contribution in [0, 0.1) is 10.8 Å². The van der Waals surface area contributed by atoms with Crippen LogP contribution in [0.25, 0.3) is 0 Å². The lowest BCUT2D eigenvalue weighted by Gasteiger charge is -2.22. The molecule has 108 valence electrons. The average molecular weight is 261 g/mol. The third kappa shape index (κ3) is 6.75. The molecule has 1 rings (SSSR count). The van der Waals surface area contributed by atoms with Crippen molar-refractivity contribution in [1.29, 1.82) is 0 Å². The Morgan fingerprint density at radius 3 is 2.21 bits per heavy atom. The van der Waals surface area contributed by atoms with Gasteiger partial charge < -0.3 is 0 Å². The van der Waals surface area contributed by atoms with Crippen molar-refractivity contribution in [1.82, 2.24) is 4.98 Å². The van der Waals surface area contributed by atoms with E-state index in [0.29, 0.717) is 10.8 Å². The molecule has 19 heavy (non-hydrogen) atoms.